The quantitative estimate of drug-likeness (QED) is 0.716. The SMILES string of the molecule is Cc1ccc(S(=O)(=O)N=C2C=C(Cl)C(=O)C(C)(Cl)C2(C)Cl)cc1. The molecule has 0 spiro atoms. The van der Waals surface area contributed by atoms with E-state index in [-0.39, 0.29) is 15.6 Å². The Balaban J connectivity index is 2.61. The predicted octanol–water partition coefficient (Wildman–Crippen LogP) is 3.83. The molecule has 0 amide bonds. The summed E-state index contributed by atoms with van der Waals surface area (Å²) in [7, 11) is -4.01. The van der Waals surface area contributed by atoms with E-state index in [1.54, 1.807) is 12.1 Å². The first-order valence-electron chi connectivity index (χ1n) is 6.61. The standard InChI is InChI=1S/C15H14Cl3NO3S/c1-9-4-6-10(7-5-9)23(21,22)19-12-8-11(16)13(20)15(3,18)14(12,2)17/h4-8H,1-3H3. The second-order valence-electron chi connectivity index (χ2n) is 5.59. The molecule has 0 saturated carbocycles. The van der Waals surface area contributed by atoms with Crippen molar-refractivity contribution in [3.63, 3.8) is 0 Å². The number of halogens is 3. The fourth-order valence-corrected chi connectivity index (χ4v) is 3.86. The number of carbonyl (C=O) groups is 1. The van der Waals surface area contributed by atoms with Crippen molar-refractivity contribution in [3.8, 4) is 0 Å². The molecule has 1 aromatic carbocycles. The molecule has 2 rings (SSSR count). The van der Waals surface area contributed by atoms with E-state index >= 15 is 0 Å². The van der Waals surface area contributed by atoms with Crippen LogP contribution >= 0.6 is 34.8 Å². The van der Waals surface area contributed by atoms with Crippen molar-refractivity contribution in [1.29, 1.82) is 0 Å². The lowest BCUT2D eigenvalue weighted by Gasteiger charge is -2.38. The smallest absolute Gasteiger partial charge is 0.282 e. The van der Waals surface area contributed by atoms with Crippen LogP contribution in [0.3, 0.4) is 0 Å². The van der Waals surface area contributed by atoms with Gasteiger partial charge in [-0.25, -0.2) is 0 Å². The normalized spacial score (nSPS) is 30.4. The highest BCUT2D eigenvalue weighted by atomic mass is 35.5. The Morgan fingerprint density at radius 1 is 1.04 bits per heavy atom. The van der Waals surface area contributed by atoms with Gasteiger partial charge in [0.25, 0.3) is 10.0 Å². The number of hydrogen-bond donors (Lipinski definition) is 0. The minimum atomic E-state index is -4.01. The van der Waals surface area contributed by atoms with Crippen LogP contribution in [0.15, 0.2) is 44.7 Å². The molecule has 2 atom stereocenters. The predicted molar refractivity (Wildman–Crippen MR) is 93.3 cm³/mol. The third-order valence-corrected chi connectivity index (χ3v) is 6.61. The molecular formula is C15H14Cl3NO3S. The number of allylic oxidation sites excluding steroid dienone is 2. The molecule has 0 saturated heterocycles. The number of benzene rings is 1. The molecule has 0 aromatic heterocycles. The molecule has 0 aliphatic heterocycles. The van der Waals surface area contributed by atoms with Crippen LogP contribution in [0.5, 0.6) is 0 Å². The number of alkyl halides is 2. The summed E-state index contributed by atoms with van der Waals surface area (Å²) in [4.78, 5) is 8.94. The van der Waals surface area contributed by atoms with Crippen LogP contribution in [0.25, 0.3) is 0 Å². The first kappa shape index (κ1) is 18.5. The molecule has 8 heteroatoms. The summed E-state index contributed by atoms with van der Waals surface area (Å²) in [6, 6.07) is 6.21. The summed E-state index contributed by atoms with van der Waals surface area (Å²) in [5.74, 6) is -0.579. The summed E-state index contributed by atoms with van der Waals surface area (Å²) in [5, 5.41) is -0.210. The summed E-state index contributed by atoms with van der Waals surface area (Å²) in [6.07, 6.45) is 1.15. The Bertz CT molecular complexity index is 822. The lowest BCUT2D eigenvalue weighted by Crippen LogP contribution is -2.55. The lowest BCUT2D eigenvalue weighted by atomic mass is 9.81. The van der Waals surface area contributed by atoms with Crippen molar-refractivity contribution in [3.05, 3.63) is 40.9 Å². The second-order valence-corrected chi connectivity index (χ2v) is 9.12. The van der Waals surface area contributed by atoms with Crippen LogP contribution in [0.4, 0.5) is 0 Å². The highest BCUT2D eigenvalue weighted by Gasteiger charge is 2.54. The van der Waals surface area contributed by atoms with Gasteiger partial charge in [0.15, 0.2) is 5.78 Å². The van der Waals surface area contributed by atoms with E-state index in [1.165, 1.54) is 26.0 Å². The van der Waals surface area contributed by atoms with Crippen molar-refractivity contribution in [2.75, 3.05) is 0 Å². The maximum Gasteiger partial charge on any atom is 0.282 e. The molecule has 1 aliphatic rings. The Kier molecular flexibility index (Phi) is 4.72. The third kappa shape index (κ3) is 3.20. The van der Waals surface area contributed by atoms with Gasteiger partial charge in [-0.05, 0) is 39.0 Å². The van der Waals surface area contributed by atoms with Crippen LogP contribution < -0.4 is 0 Å². The van der Waals surface area contributed by atoms with Gasteiger partial charge in [0.05, 0.1) is 15.6 Å². The number of rotatable bonds is 2. The molecule has 0 radical (unpaired) electrons. The van der Waals surface area contributed by atoms with Gasteiger partial charge in [-0.15, -0.1) is 23.2 Å². The van der Waals surface area contributed by atoms with Crippen molar-refractivity contribution < 1.29 is 13.2 Å². The number of Topliss-reactive ketones (excluding diaryl/α,β-unsaturated/α-hetero) is 1. The van der Waals surface area contributed by atoms with E-state index < -0.39 is 25.6 Å². The van der Waals surface area contributed by atoms with Crippen molar-refractivity contribution in [2.24, 2.45) is 4.40 Å². The monoisotopic (exact) mass is 393 g/mol. The van der Waals surface area contributed by atoms with Crippen LogP contribution in [0.2, 0.25) is 0 Å². The Hall–Kier alpha value is -0.880. The second kappa shape index (κ2) is 5.88. The minimum absolute atomic E-state index is 0.0146. The van der Waals surface area contributed by atoms with E-state index in [0.29, 0.717) is 0 Å². The molecular weight excluding hydrogens is 381 g/mol. The summed E-state index contributed by atoms with van der Waals surface area (Å²) in [6.45, 7) is 4.66. The number of hydrogen-bond acceptors (Lipinski definition) is 3. The first-order valence-corrected chi connectivity index (χ1v) is 9.19. The van der Waals surface area contributed by atoms with Gasteiger partial charge in [0.1, 0.15) is 9.75 Å². The van der Waals surface area contributed by atoms with Crippen molar-refractivity contribution >= 4 is 56.3 Å². The molecule has 4 nitrogen and oxygen atoms in total. The molecule has 1 aromatic rings. The molecule has 1 aliphatic carbocycles. The van der Waals surface area contributed by atoms with Crippen molar-refractivity contribution in [2.45, 2.75) is 35.4 Å². The Labute approximate surface area is 150 Å². The number of nitrogens with zero attached hydrogens (tertiary/aromatic N) is 1. The molecule has 124 valence electrons. The third-order valence-electron chi connectivity index (χ3n) is 3.81. The zero-order chi connectivity index (χ0) is 17.6. The fraction of sp³-hybridized carbons (Fsp3) is 0.333. The van der Waals surface area contributed by atoms with Crippen LogP contribution in [-0.2, 0) is 14.8 Å². The van der Waals surface area contributed by atoms with Gasteiger partial charge < -0.3 is 0 Å². The highest BCUT2D eigenvalue weighted by Crippen LogP contribution is 2.43. The molecule has 23 heavy (non-hydrogen) atoms. The van der Waals surface area contributed by atoms with E-state index in [1.807, 2.05) is 6.92 Å². The largest absolute Gasteiger partial charge is 0.291 e. The maximum atomic E-state index is 12.5. The van der Waals surface area contributed by atoms with Gasteiger partial charge >= 0.3 is 0 Å². The van der Waals surface area contributed by atoms with Gasteiger partial charge in [0, 0.05) is 0 Å². The first-order chi connectivity index (χ1) is 10.4. The number of carbonyl (C=O) groups excluding carboxylic acids is 1. The van der Waals surface area contributed by atoms with Gasteiger partial charge in [-0.3, -0.25) is 4.79 Å². The molecule has 0 bridgehead atoms. The van der Waals surface area contributed by atoms with Crippen LogP contribution in [0, 0.1) is 6.92 Å². The van der Waals surface area contributed by atoms with E-state index in [2.05, 4.69) is 4.40 Å². The zero-order valence-corrected chi connectivity index (χ0v) is 15.7. The molecule has 2 unspecified atom stereocenters. The highest BCUT2D eigenvalue weighted by molar-refractivity contribution is 7.90. The van der Waals surface area contributed by atoms with Gasteiger partial charge in [-0.2, -0.15) is 12.8 Å². The van der Waals surface area contributed by atoms with Crippen LogP contribution in [0.1, 0.15) is 19.4 Å². The summed E-state index contributed by atoms with van der Waals surface area (Å²) >= 11 is 18.4. The van der Waals surface area contributed by atoms with E-state index in [0.717, 1.165) is 11.6 Å². The average Bonchev–Trinajstić information content (AvgIpc) is 2.44. The fourth-order valence-electron chi connectivity index (χ4n) is 2.00. The molecule has 0 fully saturated rings. The number of aryl methyl sites for hydroxylation is 1. The summed E-state index contributed by atoms with van der Waals surface area (Å²) in [5.41, 5.74) is 0.833. The summed E-state index contributed by atoms with van der Waals surface area (Å²) < 4.78 is 28.7. The Morgan fingerprint density at radius 2 is 1.57 bits per heavy atom. The van der Waals surface area contributed by atoms with Gasteiger partial charge in [0.2, 0.25) is 0 Å². The maximum absolute atomic E-state index is 12.5. The molecule has 0 heterocycles. The topological polar surface area (TPSA) is 63.6 Å². The van der Waals surface area contributed by atoms with E-state index in [4.69, 9.17) is 34.8 Å². The van der Waals surface area contributed by atoms with E-state index in [9.17, 15) is 13.2 Å². The number of sulfonamides is 1. The lowest BCUT2D eigenvalue weighted by molar-refractivity contribution is -0.117. The zero-order valence-electron chi connectivity index (χ0n) is 12.6. The Morgan fingerprint density at radius 3 is 2.09 bits per heavy atom. The van der Waals surface area contributed by atoms with Gasteiger partial charge in [-0.1, -0.05) is 29.3 Å². The minimum Gasteiger partial charge on any atom is -0.291 e. The average molecular weight is 395 g/mol. The van der Waals surface area contributed by atoms with Crippen LogP contribution in [-0.4, -0.2) is 29.7 Å². The van der Waals surface area contributed by atoms with Crippen molar-refractivity contribution in [1.82, 2.24) is 0 Å². The molecule has 0 N–H and O–H groups in total. The number of ketones is 1.